The normalized spacial score (nSPS) is 12.0. The van der Waals surface area contributed by atoms with Gasteiger partial charge >= 0.3 is 11.9 Å². The Labute approximate surface area is 152 Å². The fourth-order valence-corrected chi connectivity index (χ4v) is 3.94. The first kappa shape index (κ1) is 16.3. The monoisotopic (exact) mass is 366 g/mol. The third kappa shape index (κ3) is 2.82. The van der Waals surface area contributed by atoms with E-state index in [2.05, 4.69) is 4.99 Å². The number of carbonyl (C=O) groups is 2. The number of furan rings is 1. The molecule has 0 radical (unpaired) electrons. The van der Waals surface area contributed by atoms with Crippen LogP contribution in [-0.4, -0.2) is 23.6 Å². The van der Waals surface area contributed by atoms with Gasteiger partial charge in [-0.25, -0.2) is 0 Å². The number of esters is 1. The van der Waals surface area contributed by atoms with Crippen molar-refractivity contribution in [1.82, 2.24) is 4.57 Å². The molecule has 0 N–H and O–H groups in total. The number of amides is 1. The summed E-state index contributed by atoms with van der Waals surface area (Å²) in [6.45, 7) is -0.0287. The third-order valence-corrected chi connectivity index (χ3v) is 5.15. The van der Waals surface area contributed by atoms with Crippen molar-refractivity contribution in [3.63, 3.8) is 0 Å². The van der Waals surface area contributed by atoms with E-state index in [1.165, 1.54) is 24.7 Å². The first-order chi connectivity index (χ1) is 12.7. The van der Waals surface area contributed by atoms with Crippen molar-refractivity contribution in [2.75, 3.05) is 7.11 Å². The molecule has 0 atom stereocenters. The molecule has 26 heavy (non-hydrogen) atoms. The van der Waals surface area contributed by atoms with Crippen LogP contribution in [0.1, 0.15) is 10.6 Å². The quantitative estimate of drug-likeness (QED) is 0.521. The van der Waals surface area contributed by atoms with Gasteiger partial charge in [0.2, 0.25) is 0 Å². The van der Waals surface area contributed by atoms with Crippen LogP contribution in [0.4, 0.5) is 0 Å². The molecule has 2 heterocycles. The maximum Gasteiger partial charge on any atom is 0.325 e. The number of aromatic nitrogens is 1. The molecule has 0 aliphatic rings. The van der Waals surface area contributed by atoms with Gasteiger partial charge in [0.15, 0.2) is 10.6 Å². The number of fused-ring (bicyclic) bond motifs is 3. The van der Waals surface area contributed by atoms with Crippen molar-refractivity contribution < 1.29 is 18.7 Å². The van der Waals surface area contributed by atoms with Crippen LogP contribution < -0.4 is 4.80 Å². The van der Waals surface area contributed by atoms with Gasteiger partial charge in [0, 0.05) is 5.39 Å². The second-order valence-electron chi connectivity index (χ2n) is 5.58. The summed E-state index contributed by atoms with van der Waals surface area (Å²) in [5, 5.41) is 2.12. The summed E-state index contributed by atoms with van der Waals surface area (Å²) in [6, 6.07) is 15.0. The van der Waals surface area contributed by atoms with Gasteiger partial charge in [-0.05, 0) is 23.6 Å². The number of benzene rings is 2. The Hall–Kier alpha value is -3.19. The van der Waals surface area contributed by atoms with Gasteiger partial charge in [-0.15, -0.1) is 0 Å². The van der Waals surface area contributed by atoms with Crippen molar-refractivity contribution >= 4 is 44.2 Å². The molecule has 1 amide bonds. The molecule has 0 spiro atoms. The Morgan fingerprint density at radius 1 is 1.15 bits per heavy atom. The lowest BCUT2D eigenvalue weighted by Crippen LogP contribution is -2.22. The van der Waals surface area contributed by atoms with Crippen molar-refractivity contribution in [3.05, 3.63) is 65.4 Å². The summed E-state index contributed by atoms with van der Waals surface area (Å²) in [7, 11) is 1.33. The highest BCUT2D eigenvalue weighted by Crippen LogP contribution is 2.27. The van der Waals surface area contributed by atoms with E-state index in [-0.39, 0.29) is 12.3 Å². The molecule has 0 saturated heterocycles. The largest absolute Gasteiger partial charge is 0.468 e. The van der Waals surface area contributed by atoms with Gasteiger partial charge in [-0.2, -0.15) is 4.99 Å². The van der Waals surface area contributed by atoms with E-state index in [0.29, 0.717) is 4.80 Å². The molecule has 0 saturated carbocycles. The van der Waals surface area contributed by atoms with Crippen LogP contribution in [0.15, 0.2) is 64.2 Å². The van der Waals surface area contributed by atoms with Gasteiger partial charge < -0.3 is 13.7 Å². The number of ether oxygens (including phenoxy) is 1. The van der Waals surface area contributed by atoms with E-state index in [9.17, 15) is 9.59 Å². The number of thiazole rings is 1. The van der Waals surface area contributed by atoms with E-state index in [1.807, 2.05) is 36.4 Å². The lowest BCUT2D eigenvalue weighted by Gasteiger charge is -2.04. The van der Waals surface area contributed by atoms with Crippen LogP contribution in [0.2, 0.25) is 0 Å². The average molecular weight is 366 g/mol. The molecule has 0 bridgehead atoms. The minimum Gasteiger partial charge on any atom is -0.468 e. The highest BCUT2D eigenvalue weighted by Gasteiger charge is 2.15. The minimum absolute atomic E-state index is 0.0287. The summed E-state index contributed by atoms with van der Waals surface area (Å²) in [6.07, 6.45) is 1.42. The van der Waals surface area contributed by atoms with Crippen LogP contribution >= 0.6 is 11.3 Å². The topological polar surface area (TPSA) is 73.8 Å². The molecule has 0 aliphatic heterocycles. The molecule has 2 aromatic carbocycles. The van der Waals surface area contributed by atoms with Crippen molar-refractivity contribution in [1.29, 1.82) is 0 Å². The zero-order chi connectivity index (χ0) is 18.1. The van der Waals surface area contributed by atoms with Crippen LogP contribution in [0, 0.1) is 0 Å². The Morgan fingerprint density at radius 2 is 2.00 bits per heavy atom. The van der Waals surface area contributed by atoms with Crippen molar-refractivity contribution in [2.24, 2.45) is 4.99 Å². The van der Waals surface area contributed by atoms with E-state index < -0.39 is 11.9 Å². The van der Waals surface area contributed by atoms with Gasteiger partial charge in [0.25, 0.3) is 0 Å². The maximum atomic E-state index is 12.3. The molecular weight excluding hydrogens is 352 g/mol. The second kappa shape index (κ2) is 6.61. The molecule has 4 rings (SSSR count). The summed E-state index contributed by atoms with van der Waals surface area (Å²) in [4.78, 5) is 28.8. The molecule has 4 aromatic rings. The Morgan fingerprint density at radius 3 is 2.77 bits per heavy atom. The van der Waals surface area contributed by atoms with E-state index >= 15 is 0 Å². The minimum atomic E-state index is -0.496. The number of carbonyl (C=O) groups excluding carboxylic acids is 2. The second-order valence-corrected chi connectivity index (χ2v) is 6.55. The van der Waals surface area contributed by atoms with Crippen LogP contribution in [0.5, 0.6) is 0 Å². The lowest BCUT2D eigenvalue weighted by molar-refractivity contribution is -0.141. The van der Waals surface area contributed by atoms with Crippen LogP contribution in [0.25, 0.3) is 21.0 Å². The number of rotatable bonds is 3. The van der Waals surface area contributed by atoms with Gasteiger partial charge in [0.1, 0.15) is 6.54 Å². The first-order valence-corrected chi connectivity index (χ1v) is 8.69. The van der Waals surface area contributed by atoms with Crippen molar-refractivity contribution in [2.45, 2.75) is 6.54 Å². The molecule has 7 heteroatoms. The molecule has 6 nitrogen and oxygen atoms in total. The SMILES string of the molecule is COC(=O)Cn1c(=NC(=O)c2ccco2)sc2c3ccccc3ccc21. The number of hydrogen-bond donors (Lipinski definition) is 0. The molecular formula is C19H14N2O4S. The van der Waals surface area contributed by atoms with Gasteiger partial charge in [0.05, 0.1) is 23.6 Å². The summed E-state index contributed by atoms with van der Waals surface area (Å²) >= 11 is 1.36. The van der Waals surface area contributed by atoms with Crippen LogP contribution in [0.3, 0.4) is 0 Å². The van der Waals surface area contributed by atoms with Crippen molar-refractivity contribution in [3.8, 4) is 0 Å². The molecule has 2 aromatic heterocycles. The highest BCUT2D eigenvalue weighted by molar-refractivity contribution is 7.17. The summed E-state index contributed by atoms with van der Waals surface area (Å²) < 4.78 is 12.6. The summed E-state index contributed by atoms with van der Waals surface area (Å²) in [5.74, 6) is -0.758. The fourth-order valence-electron chi connectivity index (χ4n) is 2.77. The third-order valence-electron chi connectivity index (χ3n) is 4.02. The van der Waals surface area contributed by atoms with E-state index in [0.717, 1.165) is 21.0 Å². The first-order valence-electron chi connectivity index (χ1n) is 7.88. The molecule has 0 fully saturated rings. The van der Waals surface area contributed by atoms with E-state index in [1.54, 1.807) is 16.7 Å². The van der Waals surface area contributed by atoms with Gasteiger partial charge in [-0.1, -0.05) is 41.7 Å². The predicted molar refractivity (Wildman–Crippen MR) is 97.9 cm³/mol. The molecule has 0 aliphatic carbocycles. The lowest BCUT2D eigenvalue weighted by atomic mass is 10.1. The predicted octanol–water partition coefficient (Wildman–Crippen LogP) is 3.36. The average Bonchev–Trinajstić information content (AvgIpc) is 3.30. The number of hydrogen-bond acceptors (Lipinski definition) is 5. The van der Waals surface area contributed by atoms with E-state index in [4.69, 9.17) is 9.15 Å². The Bertz CT molecular complexity index is 1190. The number of methoxy groups -OCH3 is 1. The standard InChI is InChI=1S/C19H14N2O4S/c1-24-16(22)11-21-14-9-8-12-5-2-3-6-13(12)17(14)26-19(21)20-18(23)15-7-4-10-25-15/h2-10H,11H2,1H3. The molecule has 0 unspecified atom stereocenters. The Kier molecular flexibility index (Phi) is 4.14. The summed E-state index contributed by atoms with van der Waals surface area (Å²) in [5.41, 5.74) is 0.824. The zero-order valence-corrected chi connectivity index (χ0v) is 14.7. The number of nitrogens with zero attached hydrogens (tertiary/aromatic N) is 2. The van der Waals surface area contributed by atoms with Crippen LogP contribution in [-0.2, 0) is 16.1 Å². The van der Waals surface area contributed by atoms with Gasteiger partial charge in [-0.3, -0.25) is 9.59 Å². The smallest absolute Gasteiger partial charge is 0.325 e. The highest BCUT2D eigenvalue weighted by atomic mass is 32.1. The Balaban J connectivity index is 1.98. The fraction of sp³-hybridized carbons (Fsp3) is 0.105. The molecule has 130 valence electrons. The maximum absolute atomic E-state index is 12.3. The zero-order valence-electron chi connectivity index (χ0n) is 13.8.